The molecule has 0 saturated heterocycles. The number of nitrogens with zero attached hydrogens (tertiary/aromatic N) is 2. The molecule has 1 aromatic heterocycles. The first-order valence-electron chi connectivity index (χ1n) is 5.78. The minimum Gasteiger partial charge on any atom is -0.354 e. The van der Waals surface area contributed by atoms with Crippen LogP contribution in [0.1, 0.15) is 32.5 Å². The van der Waals surface area contributed by atoms with Gasteiger partial charge in [0.15, 0.2) is 5.82 Å². The zero-order chi connectivity index (χ0) is 12.9. The molecule has 0 bridgehead atoms. The van der Waals surface area contributed by atoms with E-state index >= 15 is 0 Å². The van der Waals surface area contributed by atoms with Crippen LogP contribution in [0, 0.1) is 6.92 Å². The van der Waals surface area contributed by atoms with Crippen molar-refractivity contribution < 1.29 is 9.32 Å². The molecule has 0 unspecified atom stereocenters. The summed E-state index contributed by atoms with van der Waals surface area (Å²) >= 11 is 0. The van der Waals surface area contributed by atoms with Crippen LogP contribution < -0.4 is 10.6 Å². The van der Waals surface area contributed by atoms with E-state index in [-0.39, 0.29) is 5.91 Å². The number of carbonyl (C=O) groups is 1. The van der Waals surface area contributed by atoms with Crippen LogP contribution in [0.25, 0.3) is 0 Å². The van der Waals surface area contributed by atoms with Gasteiger partial charge in [0.2, 0.25) is 11.8 Å². The lowest BCUT2D eigenvalue weighted by molar-refractivity contribution is -0.126. The molecule has 1 amide bonds. The molecule has 0 aliphatic carbocycles. The lowest BCUT2D eigenvalue weighted by atomic mass is 10.0. The normalized spacial score (nSPS) is 11.5. The predicted molar refractivity (Wildman–Crippen MR) is 63.5 cm³/mol. The molecule has 0 aliphatic heterocycles. The Morgan fingerprint density at radius 1 is 1.47 bits per heavy atom. The molecule has 17 heavy (non-hydrogen) atoms. The van der Waals surface area contributed by atoms with Gasteiger partial charge < -0.3 is 15.2 Å². The fourth-order valence-electron chi connectivity index (χ4n) is 1.47. The molecule has 6 nitrogen and oxygen atoms in total. The Morgan fingerprint density at radius 2 is 2.18 bits per heavy atom. The van der Waals surface area contributed by atoms with Gasteiger partial charge in [-0.1, -0.05) is 12.1 Å². The Kier molecular flexibility index (Phi) is 4.62. The van der Waals surface area contributed by atoms with Crippen molar-refractivity contribution >= 4 is 5.91 Å². The quantitative estimate of drug-likeness (QED) is 0.753. The average Bonchev–Trinajstić information content (AvgIpc) is 2.64. The lowest BCUT2D eigenvalue weighted by Gasteiger charge is -2.24. The van der Waals surface area contributed by atoms with Gasteiger partial charge in [0.05, 0.1) is 5.54 Å². The van der Waals surface area contributed by atoms with Gasteiger partial charge >= 0.3 is 0 Å². The summed E-state index contributed by atoms with van der Waals surface area (Å²) in [7, 11) is 0. The summed E-state index contributed by atoms with van der Waals surface area (Å²) < 4.78 is 4.84. The molecule has 0 aliphatic rings. The molecule has 2 N–H and O–H groups in total. The van der Waals surface area contributed by atoms with Crippen LogP contribution in [-0.4, -0.2) is 34.7 Å². The monoisotopic (exact) mass is 240 g/mol. The Bertz CT molecular complexity index is 373. The second-order valence-corrected chi connectivity index (χ2v) is 4.39. The average molecular weight is 240 g/mol. The summed E-state index contributed by atoms with van der Waals surface area (Å²) in [6.45, 7) is 8.67. The highest BCUT2D eigenvalue weighted by molar-refractivity contribution is 5.85. The third-order valence-corrected chi connectivity index (χ3v) is 2.39. The Balaban J connectivity index is 2.33. The van der Waals surface area contributed by atoms with Gasteiger partial charge in [0.1, 0.15) is 0 Å². The highest BCUT2D eigenvalue weighted by atomic mass is 16.5. The summed E-state index contributed by atoms with van der Waals surface area (Å²) in [6.07, 6.45) is 0.575. The van der Waals surface area contributed by atoms with Crippen LogP contribution in [0.2, 0.25) is 0 Å². The van der Waals surface area contributed by atoms with Gasteiger partial charge in [0, 0.05) is 19.9 Å². The number of nitrogens with one attached hydrogen (secondary N) is 2. The number of likely N-dealkylation sites (N-methyl/N-ethyl adjacent to an activating group) is 1. The molecular weight excluding hydrogens is 220 g/mol. The van der Waals surface area contributed by atoms with Crippen molar-refractivity contribution in [1.82, 2.24) is 20.8 Å². The van der Waals surface area contributed by atoms with Gasteiger partial charge in [-0.2, -0.15) is 4.98 Å². The highest BCUT2D eigenvalue weighted by Crippen LogP contribution is 2.01. The predicted octanol–water partition coefficient (Wildman–Crippen LogP) is 0.425. The zero-order valence-corrected chi connectivity index (χ0v) is 10.8. The Hall–Kier alpha value is -1.43. The SMILES string of the molecule is CCNC(C)(C)C(=O)NCCc1noc(C)n1. The standard InChI is InChI=1S/C11H20N4O2/c1-5-13-11(3,4)10(16)12-7-6-9-14-8(2)17-15-9/h13H,5-7H2,1-4H3,(H,12,16). The van der Waals surface area contributed by atoms with Crippen molar-refractivity contribution in [3.05, 3.63) is 11.7 Å². The van der Waals surface area contributed by atoms with Crippen molar-refractivity contribution in [2.24, 2.45) is 0 Å². The topological polar surface area (TPSA) is 80.0 Å². The fraction of sp³-hybridized carbons (Fsp3) is 0.727. The first kappa shape index (κ1) is 13.6. The number of carbonyl (C=O) groups excluding carboxylic acids is 1. The lowest BCUT2D eigenvalue weighted by Crippen LogP contribution is -2.52. The van der Waals surface area contributed by atoms with E-state index < -0.39 is 5.54 Å². The molecule has 0 atom stereocenters. The van der Waals surface area contributed by atoms with Crippen LogP contribution in [0.5, 0.6) is 0 Å². The molecule has 0 spiro atoms. The molecule has 0 fully saturated rings. The van der Waals surface area contributed by atoms with Crippen molar-refractivity contribution in [1.29, 1.82) is 0 Å². The maximum Gasteiger partial charge on any atom is 0.239 e. The third-order valence-electron chi connectivity index (χ3n) is 2.39. The van der Waals surface area contributed by atoms with E-state index in [1.807, 2.05) is 20.8 Å². The summed E-state index contributed by atoms with van der Waals surface area (Å²) in [5.74, 6) is 1.13. The summed E-state index contributed by atoms with van der Waals surface area (Å²) in [5, 5.41) is 9.71. The highest BCUT2D eigenvalue weighted by Gasteiger charge is 2.25. The molecule has 0 aromatic carbocycles. The zero-order valence-electron chi connectivity index (χ0n) is 10.8. The van der Waals surface area contributed by atoms with Gasteiger partial charge in [-0.25, -0.2) is 0 Å². The molecule has 6 heteroatoms. The summed E-state index contributed by atoms with van der Waals surface area (Å²) in [4.78, 5) is 15.9. The molecule has 1 rings (SSSR count). The summed E-state index contributed by atoms with van der Waals surface area (Å²) in [6, 6.07) is 0. The minimum absolute atomic E-state index is 0.0282. The maximum absolute atomic E-state index is 11.8. The van der Waals surface area contributed by atoms with Gasteiger partial charge in [-0.3, -0.25) is 4.79 Å². The molecule has 96 valence electrons. The first-order valence-corrected chi connectivity index (χ1v) is 5.78. The second-order valence-electron chi connectivity index (χ2n) is 4.39. The van der Waals surface area contributed by atoms with Crippen molar-refractivity contribution in [3.8, 4) is 0 Å². The van der Waals surface area contributed by atoms with E-state index in [0.717, 1.165) is 6.54 Å². The van der Waals surface area contributed by atoms with Crippen molar-refractivity contribution in [2.45, 2.75) is 39.7 Å². The van der Waals surface area contributed by atoms with Gasteiger partial charge in [0.25, 0.3) is 0 Å². The van der Waals surface area contributed by atoms with E-state index in [2.05, 4.69) is 20.8 Å². The minimum atomic E-state index is -0.554. The third kappa shape index (κ3) is 4.14. The van der Waals surface area contributed by atoms with Crippen LogP contribution in [-0.2, 0) is 11.2 Å². The Morgan fingerprint density at radius 3 is 2.71 bits per heavy atom. The van der Waals surface area contributed by atoms with Gasteiger partial charge in [-0.15, -0.1) is 0 Å². The van der Waals surface area contributed by atoms with Crippen LogP contribution in [0.15, 0.2) is 4.52 Å². The van der Waals surface area contributed by atoms with E-state index in [4.69, 9.17) is 4.52 Å². The number of hydrogen-bond acceptors (Lipinski definition) is 5. The number of hydrogen-bond donors (Lipinski definition) is 2. The van der Waals surface area contributed by atoms with Crippen LogP contribution >= 0.6 is 0 Å². The number of aryl methyl sites for hydroxylation is 1. The molecular formula is C11H20N4O2. The van der Waals surface area contributed by atoms with E-state index in [1.54, 1.807) is 6.92 Å². The molecule has 1 heterocycles. The largest absolute Gasteiger partial charge is 0.354 e. The smallest absolute Gasteiger partial charge is 0.239 e. The number of aromatic nitrogens is 2. The van der Waals surface area contributed by atoms with E-state index in [9.17, 15) is 4.79 Å². The van der Waals surface area contributed by atoms with Crippen LogP contribution in [0.4, 0.5) is 0 Å². The first-order chi connectivity index (χ1) is 7.95. The van der Waals surface area contributed by atoms with E-state index in [1.165, 1.54) is 0 Å². The molecule has 1 aromatic rings. The fourth-order valence-corrected chi connectivity index (χ4v) is 1.47. The summed E-state index contributed by atoms with van der Waals surface area (Å²) in [5.41, 5.74) is -0.554. The van der Waals surface area contributed by atoms with Crippen molar-refractivity contribution in [3.63, 3.8) is 0 Å². The van der Waals surface area contributed by atoms with Gasteiger partial charge in [-0.05, 0) is 20.4 Å². The second kappa shape index (κ2) is 5.77. The van der Waals surface area contributed by atoms with Crippen molar-refractivity contribution in [2.75, 3.05) is 13.1 Å². The van der Waals surface area contributed by atoms with E-state index in [0.29, 0.717) is 24.7 Å². The Labute approximate surface area is 101 Å². The molecule has 0 radical (unpaired) electrons. The maximum atomic E-state index is 11.8. The molecule has 0 saturated carbocycles. The number of amides is 1. The van der Waals surface area contributed by atoms with Crippen LogP contribution in [0.3, 0.4) is 0 Å². The number of rotatable bonds is 6.